The van der Waals surface area contributed by atoms with E-state index in [1.807, 2.05) is 0 Å². The van der Waals surface area contributed by atoms with Crippen LogP contribution in [-0.4, -0.2) is 41.8 Å². The van der Waals surface area contributed by atoms with Crippen LogP contribution in [0.15, 0.2) is 24.3 Å². The van der Waals surface area contributed by atoms with E-state index in [0.717, 1.165) is 5.56 Å². The van der Waals surface area contributed by atoms with E-state index in [1.165, 1.54) is 4.90 Å². The van der Waals surface area contributed by atoms with Crippen molar-refractivity contribution < 1.29 is 24.2 Å². The highest BCUT2D eigenvalue weighted by Crippen LogP contribution is 2.19. The minimum absolute atomic E-state index is 0.113. The molecule has 0 aromatic heterocycles. The van der Waals surface area contributed by atoms with Crippen LogP contribution in [0.5, 0.6) is 5.75 Å². The monoisotopic (exact) mass is 251 g/mol. The van der Waals surface area contributed by atoms with Gasteiger partial charge in [-0.3, -0.25) is 4.90 Å². The van der Waals surface area contributed by atoms with Gasteiger partial charge in [-0.1, -0.05) is 12.1 Å². The summed E-state index contributed by atoms with van der Waals surface area (Å²) >= 11 is 0. The molecule has 18 heavy (non-hydrogen) atoms. The zero-order valence-electron chi connectivity index (χ0n) is 9.83. The summed E-state index contributed by atoms with van der Waals surface area (Å²) in [6, 6.07) is 6.19. The van der Waals surface area contributed by atoms with Crippen molar-refractivity contribution in [3.8, 4) is 5.75 Å². The Morgan fingerprint density at radius 1 is 1.61 bits per heavy atom. The summed E-state index contributed by atoms with van der Waals surface area (Å²) in [4.78, 5) is 23.6. The Balaban J connectivity index is 2.16. The van der Waals surface area contributed by atoms with Crippen LogP contribution in [0, 0.1) is 0 Å². The van der Waals surface area contributed by atoms with Gasteiger partial charge in [0.1, 0.15) is 12.4 Å². The van der Waals surface area contributed by atoms with Crippen molar-refractivity contribution in [2.75, 3.05) is 13.7 Å². The fourth-order valence-electron chi connectivity index (χ4n) is 1.80. The minimum atomic E-state index is -1.07. The molecule has 6 heteroatoms. The van der Waals surface area contributed by atoms with Crippen LogP contribution in [0.4, 0.5) is 4.79 Å². The number of hydrogen-bond donors (Lipinski definition) is 1. The number of rotatable bonds is 4. The summed E-state index contributed by atoms with van der Waals surface area (Å²) < 4.78 is 9.81. The van der Waals surface area contributed by atoms with E-state index in [-0.39, 0.29) is 13.2 Å². The van der Waals surface area contributed by atoms with Crippen molar-refractivity contribution in [3.05, 3.63) is 29.8 Å². The molecule has 1 saturated heterocycles. The van der Waals surface area contributed by atoms with Crippen LogP contribution in [-0.2, 0) is 16.1 Å². The average molecular weight is 251 g/mol. The maximum atomic E-state index is 11.5. The number of nitrogens with zero attached hydrogens (tertiary/aromatic N) is 1. The van der Waals surface area contributed by atoms with Crippen molar-refractivity contribution in [3.63, 3.8) is 0 Å². The molecule has 1 atom stereocenters. The minimum Gasteiger partial charge on any atom is -0.497 e. The molecular weight excluding hydrogens is 238 g/mol. The van der Waals surface area contributed by atoms with E-state index < -0.39 is 18.1 Å². The SMILES string of the molecule is COc1cccc(CN2C(=O)OCC2C(=O)O)c1. The van der Waals surface area contributed by atoms with E-state index >= 15 is 0 Å². The molecular formula is C12H13NO5. The van der Waals surface area contributed by atoms with Crippen LogP contribution in [0.25, 0.3) is 0 Å². The summed E-state index contributed by atoms with van der Waals surface area (Å²) in [6.45, 7) is 0.0745. The van der Waals surface area contributed by atoms with Crippen molar-refractivity contribution in [1.29, 1.82) is 0 Å². The number of aliphatic carboxylic acids is 1. The number of carbonyl (C=O) groups is 2. The fourth-order valence-corrected chi connectivity index (χ4v) is 1.80. The van der Waals surface area contributed by atoms with Gasteiger partial charge in [0, 0.05) is 0 Å². The number of hydrogen-bond acceptors (Lipinski definition) is 4. The average Bonchev–Trinajstić information content (AvgIpc) is 2.71. The van der Waals surface area contributed by atoms with Gasteiger partial charge in [0.15, 0.2) is 6.04 Å². The number of carboxylic acids is 1. The Morgan fingerprint density at radius 2 is 2.39 bits per heavy atom. The molecule has 96 valence electrons. The van der Waals surface area contributed by atoms with Crippen LogP contribution < -0.4 is 4.74 Å². The predicted octanol–water partition coefficient (Wildman–Crippen LogP) is 1.10. The number of carbonyl (C=O) groups excluding carboxylic acids is 1. The molecule has 1 aromatic rings. The fraction of sp³-hybridized carbons (Fsp3) is 0.333. The Kier molecular flexibility index (Phi) is 3.36. The summed E-state index contributed by atoms with van der Waals surface area (Å²) in [5, 5.41) is 8.98. The highest BCUT2D eigenvalue weighted by molar-refractivity contribution is 5.82. The molecule has 0 aliphatic carbocycles. The summed E-state index contributed by atoms with van der Waals surface area (Å²) in [7, 11) is 1.54. The molecule has 0 saturated carbocycles. The first-order valence-electron chi connectivity index (χ1n) is 5.41. The molecule has 1 N–H and O–H groups in total. The summed E-state index contributed by atoms with van der Waals surface area (Å²) in [5.41, 5.74) is 0.791. The summed E-state index contributed by atoms with van der Waals surface area (Å²) in [5.74, 6) is -0.407. The van der Waals surface area contributed by atoms with Gasteiger partial charge >= 0.3 is 12.1 Å². The molecule has 1 amide bonds. The number of amides is 1. The van der Waals surface area contributed by atoms with Gasteiger partial charge in [0.05, 0.1) is 13.7 Å². The third-order valence-corrected chi connectivity index (χ3v) is 2.75. The second-order valence-electron chi connectivity index (χ2n) is 3.91. The number of methoxy groups -OCH3 is 1. The first kappa shape index (κ1) is 12.2. The second kappa shape index (κ2) is 4.95. The first-order chi connectivity index (χ1) is 8.61. The molecule has 1 aromatic carbocycles. The zero-order chi connectivity index (χ0) is 13.1. The van der Waals surface area contributed by atoms with Crippen LogP contribution >= 0.6 is 0 Å². The number of cyclic esters (lactones) is 1. The quantitative estimate of drug-likeness (QED) is 0.867. The Bertz CT molecular complexity index is 473. The van der Waals surface area contributed by atoms with Crippen LogP contribution in [0.2, 0.25) is 0 Å². The number of benzene rings is 1. The molecule has 1 aliphatic rings. The molecule has 1 fully saturated rings. The molecule has 0 spiro atoms. The molecule has 0 radical (unpaired) electrons. The molecule has 1 aliphatic heterocycles. The Hall–Kier alpha value is -2.24. The molecule has 1 heterocycles. The van der Waals surface area contributed by atoms with Gasteiger partial charge in [-0.2, -0.15) is 0 Å². The molecule has 1 unspecified atom stereocenters. The van der Waals surface area contributed by atoms with E-state index in [2.05, 4.69) is 0 Å². The predicted molar refractivity (Wildman–Crippen MR) is 61.3 cm³/mol. The second-order valence-corrected chi connectivity index (χ2v) is 3.91. The number of carboxylic acid groups (broad SMARTS) is 1. The molecule has 0 bridgehead atoms. The van der Waals surface area contributed by atoms with E-state index in [0.29, 0.717) is 5.75 Å². The largest absolute Gasteiger partial charge is 0.497 e. The molecule has 2 rings (SSSR count). The van der Waals surface area contributed by atoms with Crippen molar-refractivity contribution in [2.24, 2.45) is 0 Å². The smallest absolute Gasteiger partial charge is 0.411 e. The Morgan fingerprint density at radius 3 is 3.06 bits per heavy atom. The van der Waals surface area contributed by atoms with E-state index in [4.69, 9.17) is 14.6 Å². The third-order valence-electron chi connectivity index (χ3n) is 2.75. The van der Waals surface area contributed by atoms with E-state index in [1.54, 1.807) is 31.4 Å². The summed E-state index contributed by atoms with van der Waals surface area (Å²) in [6.07, 6.45) is -0.606. The van der Waals surface area contributed by atoms with Crippen LogP contribution in [0.1, 0.15) is 5.56 Å². The zero-order valence-corrected chi connectivity index (χ0v) is 9.83. The number of ether oxygens (including phenoxy) is 2. The standard InChI is InChI=1S/C12H13NO5/c1-17-9-4-2-3-8(5-9)6-13-10(11(14)15)7-18-12(13)16/h2-5,10H,6-7H2,1H3,(H,14,15). The van der Waals surface area contributed by atoms with Gasteiger partial charge in [-0.15, -0.1) is 0 Å². The highest BCUT2D eigenvalue weighted by Gasteiger charge is 2.37. The Labute approximate surface area is 104 Å². The lowest BCUT2D eigenvalue weighted by Crippen LogP contribution is -2.38. The van der Waals surface area contributed by atoms with Crippen molar-refractivity contribution in [2.45, 2.75) is 12.6 Å². The topological polar surface area (TPSA) is 76.1 Å². The van der Waals surface area contributed by atoms with Gasteiger partial charge in [0.2, 0.25) is 0 Å². The van der Waals surface area contributed by atoms with Crippen LogP contribution in [0.3, 0.4) is 0 Å². The van der Waals surface area contributed by atoms with Gasteiger partial charge in [-0.25, -0.2) is 9.59 Å². The van der Waals surface area contributed by atoms with Gasteiger partial charge in [-0.05, 0) is 17.7 Å². The lowest BCUT2D eigenvalue weighted by atomic mass is 10.2. The van der Waals surface area contributed by atoms with Crippen molar-refractivity contribution in [1.82, 2.24) is 4.90 Å². The lowest BCUT2D eigenvalue weighted by Gasteiger charge is -2.18. The first-order valence-corrected chi connectivity index (χ1v) is 5.41. The van der Waals surface area contributed by atoms with Crippen molar-refractivity contribution >= 4 is 12.1 Å². The lowest BCUT2D eigenvalue weighted by molar-refractivity contribution is -0.141. The third kappa shape index (κ3) is 2.37. The maximum Gasteiger partial charge on any atom is 0.411 e. The van der Waals surface area contributed by atoms with Gasteiger partial charge in [0.25, 0.3) is 0 Å². The normalized spacial score (nSPS) is 18.6. The highest BCUT2D eigenvalue weighted by atomic mass is 16.6. The maximum absolute atomic E-state index is 11.5. The van der Waals surface area contributed by atoms with E-state index in [9.17, 15) is 9.59 Å². The van der Waals surface area contributed by atoms with Gasteiger partial charge < -0.3 is 14.6 Å². The molecule has 6 nitrogen and oxygen atoms in total.